The molecule has 1 aromatic rings. The van der Waals surface area contributed by atoms with Crippen LogP contribution in [0.2, 0.25) is 0 Å². The van der Waals surface area contributed by atoms with E-state index < -0.39 is 0 Å². The molecule has 0 aromatic heterocycles. The number of rotatable bonds is 9. The van der Waals surface area contributed by atoms with E-state index in [1.165, 1.54) is 38.9 Å². The lowest BCUT2D eigenvalue weighted by atomic mass is 10.0. The summed E-state index contributed by atoms with van der Waals surface area (Å²) in [5, 5.41) is 6.75. The summed E-state index contributed by atoms with van der Waals surface area (Å²) in [7, 11) is 5.13. The van der Waals surface area contributed by atoms with Crippen molar-refractivity contribution in [2.24, 2.45) is 10.9 Å². The van der Waals surface area contributed by atoms with Crippen molar-refractivity contribution in [1.29, 1.82) is 0 Å². The molecule has 7 heteroatoms. The van der Waals surface area contributed by atoms with Crippen LogP contribution >= 0.6 is 24.0 Å². The van der Waals surface area contributed by atoms with Crippen LogP contribution in [0.5, 0.6) is 11.5 Å². The van der Waals surface area contributed by atoms with E-state index in [-0.39, 0.29) is 24.0 Å². The van der Waals surface area contributed by atoms with Gasteiger partial charge in [-0.05, 0) is 56.8 Å². The molecule has 0 amide bonds. The molecule has 1 heterocycles. The lowest BCUT2D eigenvalue weighted by Gasteiger charge is -2.30. The van der Waals surface area contributed by atoms with Crippen LogP contribution < -0.4 is 20.1 Å². The SMILES string of the molecule is CN=C(NCCCCN1CCCC(C)C1)NCc1ccc(OC)cc1OC.I. The molecule has 1 aromatic carbocycles. The van der Waals surface area contributed by atoms with E-state index in [1.807, 2.05) is 18.2 Å². The van der Waals surface area contributed by atoms with E-state index in [4.69, 9.17) is 9.47 Å². The minimum Gasteiger partial charge on any atom is -0.497 e. The Bertz CT molecular complexity index is 598. The molecular weight excluding hydrogens is 467 g/mol. The first-order valence-corrected chi connectivity index (χ1v) is 10.0. The van der Waals surface area contributed by atoms with Gasteiger partial charge in [0.15, 0.2) is 5.96 Å². The summed E-state index contributed by atoms with van der Waals surface area (Å²) in [5.74, 6) is 3.28. The molecule has 1 aliphatic rings. The molecule has 0 spiro atoms. The van der Waals surface area contributed by atoms with Crippen LogP contribution in [0.15, 0.2) is 23.2 Å². The van der Waals surface area contributed by atoms with E-state index in [2.05, 4.69) is 27.4 Å². The lowest BCUT2D eigenvalue weighted by Crippen LogP contribution is -2.38. The third-order valence-electron chi connectivity index (χ3n) is 5.10. The normalized spacial score (nSPS) is 17.6. The predicted molar refractivity (Wildman–Crippen MR) is 127 cm³/mol. The number of methoxy groups -OCH3 is 2. The van der Waals surface area contributed by atoms with Crippen LogP contribution in [0.1, 0.15) is 38.2 Å². The van der Waals surface area contributed by atoms with E-state index in [9.17, 15) is 0 Å². The third kappa shape index (κ3) is 8.43. The second-order valence-corrected chi connectivity index (χ2v) is 7.29. The topological polar surface area (TPSA) is 58.1 Å². The Labute approximate surface area is 187 Å². The first-order valence-electron chi connectivity index (χ1n) is 10.0. The van der Waals surface area contributed by atoms with Crippen molar-refractivity contribution in [2.75, 3.05) is 47.4 Å². The van der Waals surface area contributed by atoms with Gasteiger partial charge in [0.05, 0.1) is 14.2 Å². The molecule has 0 aliphatic carbocycles. The maximum absolute atomic E-state index is 5.45. The zero-order chi connectivity index (χ0) is 19.5. The molecular formula is C21H37IN4O2. The van der Waals surface area contributed by atoms with Crippen molar-refractivity contribution in [3.63, 3.8) is 0 Å². The number of benzene rings is 1. The molecule has 1 atom stereocenters. The molecule has 1 aliphatic heterocycles. The van der Waals surface area contributed by atoms with Gasteiger partial charge in [0.2, 0.25) is 0 Å². The van der Waals surface area contributed by atoms with Gasteiger partial charge in [-0.2, -0.15) is 0 Å². The molecule has 1 fully saturated rings. The van der Waals surface area contributed by atoms with Crippen LogP contribution in [0, 0.1) is 5.92 Å². The van der Waals surface area contributed by atoms with Gasteiger partial charge in [-0.3, -0.25) is 4.99 Å². The maximum Gasteiger partial charge on any atom is 0.191 e. The van der Waals surface area contributed by atoms with Gasteiger partial charge >= 0.3 is 0 Å². The van der Waals surface area contributed by atoms with Crippen LogP contribution in [0.4, 0.5) is 0 Å². The fraction of sp³-hybridized carbons (Fsp3) is 0.667. The number of nitrogens with one attached hydrogen (secondary N) is 2. The Balaban J connectivity index is 0.00000392. The van der Waals surface area contributed by atoms with Crippen molar-refractivity contribution < 1.29 is 9.47 Å². The summed E-state index contributed by atoms with van der Waals surface area (Å²) in [4.78, 5) is 6.92. The Morgan fingerprint density at radius 3 is 2.71 bits per heavy atom. The summed E-state index contributed by atoms with van der Waals surface area (Å²) in [6.45, 7) is 7.69. The number of hydrogen-bond donors (Lipinski definition) is 2. The summed E-state index contributed by atoms with van der Waals surface area (Å²) in [6, 6.07) is 5.85. The lowest BCUT2D eigenvalue weighted by molar-refractivity contribution is 0.181. The number of guanidine groups is 1. The molecule has 0 radical (unpaired) electrons. The van der Waals surface area contributed by atoms with Crippen LogP contribution in [-0.2, 0) is 6.54 Å². The van der Waals surface area contributed by atoms with Gasteiger partial charge in [-0.25, -0.2) is 0 Å². The van der Waals surface area contributed by atoms with Crippen LogP contribution in [0.25, 0.3) is 0 Å². The number of halogens is 1. The first-order chi connectivity index (χ1) is 13.2. The van der Waals surface area contributed by atoms with Crippen molar-refractivity contribution in [3.8, 4) is 11.5 Å². The molecule has 2 rings (SSSR count). The van der Waals surface area contributed by atoms with Crippen molar-refractivity contribution in [3.05, 3.63) is 23.8 Å². The molecule has 1 unspecified atom stereocenters. The highest BCUT2D eigenvalue weighted by Gasteiger charge is 2.15. The largest absolute Gasteiger partial charge is 0.497 e. The van der Waals surface area contributed by atoms with Crippen molar-refractivity contribution in [1.82, 2.24) is 15.5 Å². The van der Waals surface area contributed by atoms with Gasteiger partial charge in [-0.1, -0.05) is 6.92 Å². The fourth-order valence-corrected chi connectivity index (χ4v) is 3.55. The Morgan fingerprint density at radius 2 is 2.04 bits per heavy atom. The molecule has 0 saturated carbocycles. The number of likely N-dealkylation sites (tertiary alicyclic amines) is 1. The smallest absolute Gasteiger partial charge is 0.191 e. The first kappa shape index (κ1) is 24.8. The van der Waals surface area contributed by atoms with Crippen LogP contribution in [0.3, 0.4) is 0 Å². The Hall–Kier alpha value is -1.22. The molecule has 0 bridgehead atoms. The third-order valence-corrected chi connectivity index (χ3v) is 5.10. The Morgan fingerprint density at radius 1 is 1.21 bits per heavy atom. The van der Waals surface area contributed by atoms with Gasteiger partial charge in [0, 0.05) is 38.3 Å². The van der Waals surface area contributed by atoms with Gasteiger partial charge in [-0.15, -0.1) is 24.0 Å². The van der Waals surface area contributed by atoms with Crippen molar-refractivity contribution >= 4 is 29.9 Å². The van der Waals surface area contributed by atoms with Gasteiger partial charge < -0.3 is 25.0 Å². The highest BCUT2D eigenvalue weighted by atomic mass is 127. The molecule has 6 nitrogen and oxygen atoms in total. The predicted octanol–water partition coefficient (Wildman–Crippen LogP) is 3.50. The number of aliphatic imine (C=N–C) groups is 1. The van der Waals surface area contributed by atoms with Crippen molar-refractivity contribution in [2.45, 2.75) is 39.2 Å². The number of piperidine rings is 1. The zero-order valence-corrected chi connectivity index (χ0v) is 20.1. The summed E-state index contributed by atoms with van der Waals surface area (Å²) in [5.41, 5.74) is 1.07. The Kier molecular flexibility index (Phi) is 12.3. The van der Waals surface area contributed by atoms with Gasteiger partial charge in [0.25, 0.3) is 0 Å². The second-order valence-electron chi connectivity index (χ2n) is 7.29. The molecule has 1 saturated heterocycles. The quantitative estimate of drug-likeness (QED) is 0.234. The summed E-state index contributed by atoms with van der Waals surface area (Å²) >= 11 is 0. The number of unbranched alkanes of at least 4 members (excludes halogenated alkanes) is 1. The molecule has 2 N–H and O–H groups in total. The maximum atomic E-state index is 5.45. The zero-order valence-electron chi connectivity index (χ0n) is 17.8. The van der Waals surface area contributed by atoms with E-state index in [0.29, 0.717) is 6.54 Å². The number of nitrogens with zero attached hydrogens (tertiary/aromatic N) is 2. The minimum absolute atomic E-state index is 0. The van der Waals surface area contributed by atoms with Gasteiger partial charge in [0.1, 0.15) is 11.5 Å². The average molecular weight is 504 g/mol. The molecule has 28 heavy (non-hydrogen) atoms. The minimum atomic E-state index is 0. The number of ether oxygens (including phenoxy) is 2. The summed E-state index contributed by atoms with van der Waals surface area (Å²) < 4.78 is 10.7. The fourth-order valence-electron chi connectivity index (χ4n) is 3.55. The highest BCUT2D eigenvalue weighted by Crippen LogP contribution is 2.24. The highest BCUT2D eigenvalue weighted by molar-refractivity contribution is 14.0. The van der Waals surface area contributed by atoms with Crippen LogP contribution in [-0.4, -0.2) is 58.3 Å². The summed E-state index contributed by atoms with van der Waals surface area (Å²) in [6.07, 6.45) is 5.12. The standard InChI is InChI=1S/C21H36N4O2.HI/c1-17-8-7-13-25(16-17)12-6-5-11-23-21(22-2)24-15-18-9-10-19(26-3)14-20(18)27-4;/h9-10,14,17H,5-8,11-13,15-16H2,1-4H3,(H2,22,23,24);1H. The average Bonchev–Trinajstić information content (AvgIpc) is 2.70. The van der Waals surface area contributed by atoms with E-state index in [1.54, 1.807) is 21.3 Å². The second kappa shape index (κ2) is 13.9. The van der Waals surface area contributed by atoms with E-state index >= 15 is 0 Å². The molecule has 160 valence electrons. The van der Waals surface area contributed by atoms with E-state index in [0.717, 1.165) is 41.9 Å². The number of hydrogen-bond acceptors (Lipinski definition) is 4. The monoisotopic (exact) mass is 504 g/mol.